The molecule has 0 bridgehead atoms. The highest BCUT2D eigenvalue weighted by Crippen LogP contribution is 2.19. The third-order valence-electron chi connectivity index (χ3n) is 1.49. The topological polar surface area (TPSA) is 69.9 Å². The van der Waals surface area contributed by atoms with Gasteiger partial charge in [-0.05, 0) is 0 Å². The fourth-order valence-corrected chi connectivity index (χ4v) is 0.856. The van der Waals surface area contributed by atoms with E-state index in [1.54, 1.807) is 0 Å². The van der Waals surface area contributed by atoms with Crippen molar-refractivity contribution in [1.29, 1.82) is 0 Å². The first-order valence-electron chi connectivity index (χ1n) is 2.92. The lowest BCUT2D eigenvalue weighted by Gasteiger charge is -2.08. The molecule has 1 rings (SSSR count). The number of halogens is 1. The smallest absolute Gasteiger partial charge is 0.184 e. The van der Waals surface area contributed by atoms with Crippen LogP contribution < -0.4 is 0 Å². The highest BCUT2D eigenvalue weighted by Gasteiger charge is 2.41. The van der Waals surface area contributed by atoms with Gasteiger partial charge < -0.3 is 20.1 Å². The van der Waals surface area contributed by atoms with Gasteiger partial charge in [-0.2, -0.15) is 0 Å². The zero-order valence-corrected chi connectivity index (χ0v) is 5.14. The SMILES string of the molecule is O[C@@H]1[C@@H](O)[C@H](CF)O[C@H]1O. The molecule has 0 saturated carbocycles. The fourth-order valence-electron chi connectivity index (χ4n) is 0.856. The van der Waals surface area contributed by atoms with Crippen LogP contribution in [-0.4, -0.2) is 46.6 Å². The van der Waals surface area contributed by atoms with E-state index in [-0.39, 0.29) is 0 Å². The number of ether oxygens (including phenoxy) is 1. The molecule has 4 atom stereocenters. The number of alkyl halides is 1. The zero-order valence-electron chi connectivity index (χ0n) is 5.14. The molecule has 0 aromatic rings. The molecule has 0 amide bonds. The van der Waals surface area contributed by atoms with Crippen LogP contribution in [0.5, 0.6) is 0 Å². The molecule has 1 aliphatic heterocycles. The Morgan fingerprint density at radius 1 is 1.20 bits per heavy atom. The van der Waals surface area contributed by atoms with Gasteiger partial charge in [0, 0.05) is 0 Å². The number of hydrogen-bond acceptors (Lipinski definition) is 4. The number of rotatable bonds is 1. The molecule has 0 spiro atoms. The maximum atomic E-state index is 11.8. The standard InChI is InChI=1S/C5H9FO4/c6-1-2-3(7)4(8)5(9)10-2/h2-5,7-9H,1H2/t2-,3-,4+,5+/m0/s1. The van der Waals surface area contributed by atoms with Crippen LogP contribution in [0.4, 0.5) is 4.39 Å². The Kier molecular flexibility index (Phi) is 2.20. The largest absolute Gasteiger partial charge is 0.387 e. The first kappa shape index (κ1) is 7.87. The van der Waals surface area contributed by atoms with E-state index in [0.717, 1.165) is 0 Å². The number of aliphatic hydroxyl groups is 3. The van der Waals surface area contributed by atoms with Gasteiger partial charge >= 0.3 is 0 Å². The van der Waals surface area contributed by atoms with Crippen molar-refractivity contribution in [1.82, 2.24) is 0 Å². The van der Waals surface area contributed by atoms with E-state index in [4.69, 9.17) is 15.3 Å². The second kappa shape index (κ2) is 2.79. The van der Waals surface area contributed by atoms with Crippen molar-refractivity contribution in [3.8, 4) is 0 Å². The summed E-state index contributed by atoms with van der Waals surface area (Å²) in [6, 6.07) is 0. The first-order chi connectivity index (χ1) is 4.66. The maximum Gasteiger partial charge on any atom is 0.184 e. The fraction of sp³-hybridized carbons (Fsp3) is 1.00. The van der Waals surface area contributed by atoms with Crippen molar-refractivity contribution in [3.05, 3.63) is 0 Å². The van der Waals surface area contributed by atoms with Crippen LogP contribution >= 0.6 is 0 Å². The van der Waals surface area contributed by atoms with Crippen LogP contribution in [-0.2, 0) is 4.74 Å². The normalized spacial score (nSPS) is 48.0. The van der Waals surface area contributed by atoms with Gasteiger partial charge in [0.1, 0.15) is 25.0 Å². The Morgan fingerprint density at radius 2 is 1.80 bits per heavy atom. The van der Waals surface area contributed by atoms with Gasteiger partial charge in [-0.15, -0.1) is 0 Å². The summed E-state index contributed by atoms with van der Waals surface area (Å²) in [5, 5.41) is 26.3. The summed E-state index contributed by atoms with van der Waals surface area (Å²) >= 11 is 0. The van der Waals surface area contributed by atoms with E-state index in [9.17, 15) is 4.39 Å². The molecule has 10 heavy (non-hydrogen) atoms. The molecule has 1 aliphatic rings. The second-order valence-corrected chi connectivity index (χ2v) is 2.20. The average Bonchev–Trinajstić information content (AvgIpc) is 2.17. The van der Waals surface area contributed by atoms with Gasteiger partial charge in [0.05, 0.1) is 0 Å². The lowest BCUT2D eigenvalue weighted by atomic mass is 10.1. The van der Waals surface area contributed by atoms with E-state index in [0.29, 0.717) is 0 Å². The summed E-state index contributed by atoms with van der Waals surface area (Å²) in [7, 11) is 0. The van der Waals surface area contributed by atoms with Crippen molar-refractivity contribution < 1.29 is 24.4 Å². The molecule has 60 valence electrons. The summed E-state index contributed by atoms with van der Waals surface area (Å²) in [5.41, 5.74) is 0. The maximum absolute atomic E-state index is 11.8. The van der Waals surface area contributed by atoms with Crippen LogP contribution in [0.2, 0.25) is 0 Å². The predicted molar refractivity (Wildman–Crippen MR) is 28.9 cm³/mol. The van der Waals surface area contributed by atoms with Crippen LogP contribution in [0.3, 0.4) is 0 Å². The predicted octanol–water partition coefficient (Wildman–Crippen LogP) is -1.61. The van der Waals surface area contributed by atoms with Crippen LogP contribution in [0.15, 0.2) is 0 Å². The van der Waals surface area contributed by atoms with Crippen molar-refractivity contribution in [3.63, 3.8) is 0 Å². The molecule has 1 heterocycles. The van der Waals surface area contributed by atoms with Gasteiger partial charge in [0.2, 0.25) is 0 Å². The molecule has 0 aromatic heterocycles. The van der Waals surface area contributed by atoms with E-state index in [2.05, 4.69) is 4.74 Å². The molecule has 1 fully saturated rings. The minimum Gasteiger partial charge on any atom is -0.387 e. The van der Waals surface area contributed by atoms with E-state index in [1.807, 2.05) is 0 Å². The van der Waals surface area contributed by atoms with Gasteiger partial charge in [0.15, 0.2) is 6.29 Å². The lowest BCUT2D eigenvalue weighted by molar-refractivity contribution is -0.129. The van der Waals surface area contributed by atoms with E-state index >= 15 is 0 Å². The molecular formula is C5H9FO4. The quantitative estimate of drug-likeness (QED) is 0.423. The Balaban J connectivity index is 2.53. The Hall–Kier alpha value is -0.230. The molecule has 0 aromatic carbocycles. The molecule has 5 heteroatoms. The average molecular weight is 152 g/mol. The van der Waals surface area contributed by atoms with Crippen molar-refractivity contribution in [2.24, 2.45) is 0 Å². The highest BCUT2D eigenvalue weighted by atomic mass is 19.1. The third kappa shape index (κ3) is 1.13. The van der Waals surface area contributed by atoms with Crippen LogP contribution in [0, 0.1) is 0 Å². The molecule has 0 radical (unpaired) electrons. The Bertz CT molecular complexity index is 120. The van der Waals surface area contributed by atoms with Crippen LogP contribution in [0.1, 0.15) is 0 Å². The minimum absolute atomic E-state index is 0.907. The summed E-state index contributed by atoms with van der Waals surface area (Å²) in [5.74, 6) is 0. The monoisotopic (exact) mass is 152 g/mol. The van der Waals surface area contributed by atoms with Crippen molar-refractivity contribution in [2.45, 2.75) is 24.6 Å². The van der Waals surface area contributed by atoms with Crippen molar-refractivity contribution in [2.75, 3.05) is 6.67 Å². The summed E-state index contributed by atoms with van der Waals surface area (Å²) < 4.78 is 16.2. The highest BCUT2D eigenvalue weighted by molar-refractivity contribution is 4.84. The molecule has 4 nitrogen and oxygen atoms in total. The van der Waals surface area contributed by atoms with Gasteiger partial charge in [-0.1, -0.05) is 0 Å². The second-order valence-electron chi connectivity index (χ2n) is 2.20. The molecule has 3 N–H and O–H groups in total. The van der Waals surface area contributed by atoms with Crippen molar-refractivity contribution >= 4 is 0 Å². The minimum atomic E-state index is -1.46. The molecular weight excluding hydrogens is 143 g/mol. The van der Waals surface area contributed by atoms with E-state index < -0.39 is 31.3 Å². The Morgan fingerprint density at radius 3 is 2.00 bits per heavy atom. The molecule has 0 unspecified atom stereocenters. The molecule has 0 aliphatic carbocycles. The number of hydrogen-bond donors (Lipinski definition) is 3. The van der Waals surface area contributed by atoms with Gasteiger partial charge in [-0.3, -0.25) is 0 Å². The summed E-state index contributed by atoms with van der Waals surface area (Å²) in [6.45, 7) is -0.907. The zero-order chi connectivity index (χ0) is 7.72. The number of aliphatic hydroxyl groups excluding tert-OH is 3. The summed E-state index contributed by atoms with van der Waals surface area (Å²) in [6.07, 6.45) is -5.26. The lowest BCUT2D eigenvalue weighted by Crippen LogP contribution is -2.33. The van der Waals surface area contributed by atoms with Gasteiger partial charge in [0.25, 0.3) is 0 Å². The summed E-state index contributed by atoms with van der Waals surface area (Å²) in [4.78, 5) is 0. The van der Waals surface area contributed by atoms with Crippen LogP contribution in [0.25, 0.3) is 0 Å². The van der Waals surface area contributed by atoms with E-state index in [1.165, 1.54) is 0 Å². The first-order valence-corrected chi connectivity index (χ1v) is 2.92. The Labute approximate surface area is 56.9 Å². The van der Waals surface area contributed by atoms with Gasteiger partial charge in [-0.25, -0.2) is 4.39 Å². The molecule has 1 saturated heterocycles. The third-order valence-corrected chi connectivity index (χ3v) is 1.49.